The minimum absolute atomic E-state index is 0.0580. The van der Waals surface area contributed by atoms with Crippen LogP contribution in [0.4, 0.5) is 0 Å². The summed E-state index contributed by atoms with van der Waals surface area (Å²) in [5, 5.41) is 29.4. The molecule has 6 amide bonds. The number of carbonyl (C=O) groups excluding carboxylic acids is 6. The molecule has 5 atom stereocenters. The second-order valence-electron chi connectivity index (χ2n) is 10.1. The summed E-state index contributed by atoms with van der Waals surface area (Å²) in [6.07, 6.45) is 2.14. The number of aromatic nitrogens is 1. The van der Waals surface area contributed by atoms with Crippen LogP contribution >= 0.6 is 11.8 Å². The van der Waals surface area contributed by atoms with Crippen LogP contribution in [0.5, 0.6) is 0 Å². The van der Waals surface area contributed by atoms with Crippen LogP contribution in [0, 0.1) is 0 Å². The van der Waals surface area contributed by atoms with Gasteiger partial charge in [0.1, 0.15) is 24.2 Å². The number of para-hydroxylation sites is 1. The van der Waals surface area contributed by atoms with Crippen LogP contribution in [0.2, 0.25) is 0 Å². The van der Waals surface area contributed by atoms with E-state index < -0.39 is 91.1 Å². The van der Waals surface area contributed by atoms with Crippen molar-refractivity contribution >= 4 is 64.1 Å². The lowest BCUT2D eigenvalue weighted by atomic mass is 10.0. The monoisotopic (exact) mass is 650 g/mol. The number of carbonyl (C=O) groups is 7. The van der Waals surface area contributed by atoms with Gasteiger partial charge in [0.15, 0.2) is 0 Å². The van der Waals surface area contributed by atoms with Crippen molar-refractivity contribution in [1.29, 1.82) is 0 Å². The summed E-state index contributed by atoms with van der Waals surface area (Å²) in [5.74, 6) is -6.62. The van der Waals surface area contributed by atoms with Gasteiger partial charge in [-0.2, -0.15) is 11.8 Å². The number of fused-ring (bicyclic) bond motifs is 1. The Hall–Kier alpha value is -4.68. The summed E-state index contributed by atoms with van der Waals surface area (Å²) in [4.78, 5) is 89.3. The molecule has 17 nitrogen and oxygen atoms in total. The standard InChI is InChI=1S/C27H38N8O9S/c1-45-7-6-17(24(40)34-19(27(43)44)10-22(30)38)32-25(41)18(8-13-11-31-16-5-3-2-4-14(13)16)33-26(42)20(12-36)35-23(39)15(28)9-21(29)37/h2-5,11,15,17-20,31,36H,6-10,12,28H2,1H3,(H2,29,37)(H2,30,38)(H,32,41)(H,33,42)(H,34,40)(H,35,39)(H,43,44)/t15-,17-,18-,19-,20-/m0/s1. The molecule has 13 N–H and O–H groups in total. The van der Waals surface area contributed by atoms with E-state index in [2.05, 4.69) is 26.3 Å². The van der Waals surface area contributed by atoms with Gasteiger partial charge in [-0.25, -0.2) is 4.79 Å². The number of rotatable bonds is 19. The van der Waals surface area contributed by atoms with Crippen molar-refractivity contribution in [2.75, 3.05) is 18.6 Å². The van der Waals surface area contributed by atoms with Crippen molar-refractivity contribution < 1.29 is 43.8 Å². The summed E-state index contributed by atoms with van der Waals surface area (Å²) < 4.78 is 0. The van der Waals surface area contributed by atoms with E-state index in [-0.39, 0.29) is 12.8 Å². The maximum Gasteiger partial charge on any atom is 0.326 e. The zero-order valence-electron chi connectivity index (χ0n) is 24.4. The Bertz CT molecular complexity index is 1400. The van der Waals surface area contributed by atoms with Gasteiger partial charge in [0, 0.05) is 23.5 Å². The minimum atomic E-state index is -1.64. The number of nitrogens with one attached hydrogen (secondary N) is 5. The third kappa shape index (κ3) is 11.4. The SMILES string of the molecule is CSCC[C@H](NC(=O)[C@H](Cc1c[nH]c2ccccc12)NC(=O)[C@H](CO)NC(=O)[C@@H](N)CC(N)=O)C(=O)N[C@@H](CC(N)=O)C(=O)O. The number of hydrogen-bond acceptors (Lipinski definition) is 10. The Balaban J connectivity index is 2.34. The van der Waals surface area contributed by atoms with E-state index in [4.69, 9.17) is 17.2 Å². The highest BCUT2D eigenvalue weighted by Gasteiger charge is 2.32. The van der Waals surface area contributed by atoms with Crippen LogP contribution in [0.3, 0.4) is 0 Å². The number of H-pyrrole nitrogens is 1. The van der Waals surface area contributed by atoms with Crippen molar-refractivity contribution in [2.24, 2.45) is 17.2 Å². The molecule has 0 fully saturated rings. The molecule has 18 heteroatoms. The highest BCUT2D eigenvalue weighted by atomic mass is 32.2. The molecule has 0 aliphatic heterocycles. The van der Waals surface area contributed by atoms with Crippen LogP contribution in [0.15, 0.2) is 30.5 Å². The van der Waals surface area contributed by atoms with Gasteiger partial charge in [-0.05, 0) is 30.1 Å². The fourth-order valence-corrected chi connectivity index (χ4v) is 4.71. The number of aliphatic hydroxyl groups excluding tert-OH is 1. The van der Waals surface area contributed by atoms with Gasteiger partial charge < -0.3 is 53.7 Å². The molecule has 2 rings (SSSR count). The minimum Gasteiger partial charge on any atom is -0.480 e. The van der Waals surface area contributed by atoms with Gasteiger partial charge in [-0.1, -0.05) is 18.2 Å². The first kappa shape index (κ1) is 36.5. The van der Waals surface area contributed by atoms with Crippen molar-refractivity contribution in [2.45, 2.75) is 55.9 Å². The number of nitrogens with two attached hydrogens (primary N) is 3. The molecule has 1 aromatic carbocycles. The predicted octanol–water partition coefficient (Wildman–Crippen LogP) is -3.44. The lowest BCUT2D eigenvalue weighted by Crippen LogP contribution is -2.59. The van der Waals surface area contributed by atoms with Gasteiger partial charge in [0.25, 0.3) is 0 Å². The van der Waals surface area contributed by atoms with E-state index in [0.29, 0.717) is 11.3 Å². The second kappa shape index (κ2) is 17.6. The molecule has 45 heavy (non-hydrogen) atoms. The quantitative estimate of drug-likeness (QED) is 0.0713. The Labute approximate surface area is 261 Å². The molecule has 1 heterocycles. The van der Waals surface area contributed by atoms with E-state index in [0.717, 1.165) is 10.9 Å². The van der Waals surface area contributed by atoms with E-state index in [9.17, 15) is 43.8 Å². The summed E-state index contributed by atoms with van der Waals surface area (Å²) in [7, 11) is 0. The van der Waals surface area contributed by atoms with Crippen LogP contribution in [0.25, 0.3) is 10.9 Å². The Kier molecular flexibility index (Phi) is 14.3. The highest BCUT2D eigenvalue weighted by molar-refractivity contribution is 7.98. The number of carboxylic acid groups (broad SMARTS) is 1. The Morgan fingerprint density at radius 1 is 0.822 bits per heavy atom. The largest absolute Gasteiger partial charge is 0.480 e. The molecule has 0 bridgehead atoms. The molecule has 0 radical (unpaired) electrons. The van der Waals surface area contributed by atoms with E-state index in [1.807, 2.05) is 0 Å². The zero-order chi connectivity index (χ0) is 33.7. The molecule has 246 valence electrons. The number of amides is 6. The van der Waals surface area contributed by atoms with E-state index >= 15 is 0 Å². The molecule has 0 saturated carbocycles. The Morgan fingerprint density at radius 3 is 1.98 bits per heavy atom. The van der Waals surface area contributed by atoms with Crippen molar-refractivity contribution in [3.63, 3.8) is 0 Å². The van der Waals surface area contributed by atoms with Crippen molar-refractivity contribution in [3.05, 3.63) is 36.0 Å². The number of thioether (sulfide) groups is 1. The number of aromatic amines is 1. The smallest absolute Gasteiger partial charge is 0.326 e. The number of aliphatic carboxylic acids is 1. The summed E-state index contributed by atoms with van der Waals surface area (Å²) in [6, 6.07) is -0.0988. The molecule has 0 saturated heterocycles. The average Bonchev–Trinajstić information content (AvgIpc) is 3.38. The van der Waals surface area contributed by atoms with Crippen molar-refractivity contribution in [3.8, 4) is 0 Å². The molecule has 0 aliphatic carbocycles. The third-order valence-corrected chi connectivity index (χ3v) is 7.21. The summed E-state index contributed by atoms with van der Waals surface area (Å²) in [5.41, 5.74) is 17.1. The molecule has 0 spiro atoms. The average molecular weight is 651 g/mol. The number of benzene rings is 1. The fraction of sp³-hybridized carbons (Fsp3) is 0.444. The van der Waals surface area contributed by atoms with E-state index in [1.165, 1.54) is 11.8 Å². The molecule has 1 aromatic heterocycles. The first-order valence-corrected chi connectivity index (χ1v) is 15.1. The van der Waals surface area contributed by atoms with Gasteiger partial charge >= 0.3 is 5.97 Å². The molecular weight excluding hydrogens is 612 g/mol. The van der Waals surface area contributed by atoms with Crippen LogP contribution in [0.1, 0.15) is 24.8 Å². The van der Waals surface area contributed by atoms with Crippen LogP contribution in [-0.4, -0.2) is 105 Å². The first-order valence-electron chi connectivity index (χ1n) is 13.7. The summed E-state index contributed by atoms with van der Waals surface area (Å²) >= 11 is 1.35. The normalized spacial score (nSPS) is 14.3. The molecule has 0 aliphatic rings. The number of carboxylic acids is 1. The van der Waals surface area contributed by atoms with E-state index in [1.54, 1.807) is 36.7 Å². The lowest BCUT2D eigenvalue weighted by Gasteiger charge is -2.26. The maximum atomic E-state index is 13.6. The van der Waals surface area contributed by atoms with Crippen LogP contribution < -0.4 is 38.5 Å². The Morgan fingerprint density at radius 2 is 1.38 bits per heavy atom. The number of primary amides is 2. The number of hydrogen-bond donors (Lipinski definition) is 10. The maximum absolute atomic E-state index is 13.6. The highest BCUT2D eigenvalue weighted by Crippen LogP contribution is 2.19. The second-order valence-corrected chi connectivity index (χ2v) is 11.0. The first-order chi connectivity index (χ1) is 21.3. The fourth-order valence-electron chi connectivity index (χ4n) is 4.23. The zero-order valence-corrected chi connectivity index (χ0v) is 25.2. The molecular formula is C27H38N8O9S. The van der Waals surface area contributed by atoms with Crippen LogP contribution in [-0.2, 0) is 40.0 Å². The number of aliphatic hydroxyl groups is 1. The third-order valence-electron chi connectivity index (χ3n) is 6.57. The lowest BCUT2D eigenvalue weighted by molar-refractivity contribution is -0.143. The molecule has 0 unspecified atom stereocenters. The van der Waals surface area contributed by atoms with Gasteiger partial charge in [-0.15, -0.1) is 0 Å². The van der Waals surface area contributed by atoms with Crippen molar-refractivity contribution in [1.82, 2.24) is 26.3 Å². The van der Waals surface area contributed by atoms with Gasteiger partial charge in [-0.3, -0.25) is 28.8 Å². The summed E-state index contributed by atoms with van der Waals surface area (Å²) in [6.45, 7) is -0.891. The van der Waals surface area contributed by atoms with Gasteiger partial charge in [0.05, 0.1) is 25.5 Å². The van der Waals surface area contributed by atoms with Gasteiger partial charge in [0.2, 0.25) is 35.4 Å². The molecule has 2 aromatic rings. The predicted molar refractivity (Wildman–Crippen MR) is 163 cm³/mol. The topological polar surface area (TPSA) is 302 Å².